The molecule has 10 heteroatoms. The van der Waals surface area contributed by atoms with Crippen LogP contribution in [0.4, 0.5) is 23.2 Å². The van der Waals surface area contributed by atoms with Gasteiger partial charge in [0.05, 0.1) is 20.9 Å². The van der Waals surface area contributed by atoms with Crippen molar-refractivity contribution in [2.75, 3.05) is 5.32 Å². The Kier molecular flexibility index (Phi) is 5.76. The highest BCUT2D eigenvalue weighted by Crippen LogP contribution is 2.43. The molecule has 1 aromatic heterocycles. The smallest absolute Gasteiger partial charge is 0.448 e. The van der Waals surface area contributed by atoms with Gasteiger partial charge < -0.3 is 10.4 Å². The van der Waals surface area contributed by atoms with E-state index < -0.39 is 18.0 Å². The number of thioether (sulfide) groups is 1. The summed E-state index contributed by atoms with van der Waals surface area (Å²) in [7, 11) is 0. The zero-order chi connectivity index (χ0) is 23.2. The number of rotatable bonds is 4. The molecule has 3 aromatic rings. The number of fused-ring (bicyclic) bond motifs is 2. The summed E-state index contributed by atoms with van der Waals surface area (Å²) in [5.74, 6) is -1.68. The highest BCUT2D eigenvalue weighted by Gasteiger charge is 2.34. The van der Waals surface area contributed by atoms with E-state index in [-0.39, 0.29) is 5.01 Å². The van der Waals surface area contributed by atoms with Crippen LogP contribution in [0.1, 0.15) is 27.3 Å². The molecule has 0 saturated carbocycles. The SMILES string of the molecule is Cc1cc(Cc2cc(C)c3nc(/C=C(\O)C(F)(F)F)sc3c2)cc2c1NC(=CC(=O)F)S2. The Morgan fingerprint density at radius 2 is 1.84 bits per heavy atom. The lowest BCUT2D eigenvalue weighted by molar-refractivity contribution is -0.124. The number of allylic oxidation sites excluding steroid dienone is 2. The molecular weight excluding hydrogens is 464 g/mol. The second-order valence-corrected chi connectivity index (χ2v) is 9.49. The molecule has 0 saturated heterocycles. The summed E-state index contributed by atoms with van der Waals surface area (Å²) in [6.07, 6.45) is -2.70. The van der Waals surface area contributed by atoms with Gasteiger partial charge in [-0.05, 0) is 54.7 Å². The van der Waals surface area contributed by atoms with E-state index in [2.05, 4.69) is 10.3 Å². The van der Waals surface area contributed by atoms with Crippen molar-refractivity contribution in [2.45, 2.75) is 31.3 Å². The fraction of sp³-hybridized carbons (Fsp3) is 0.182. The van der Waals surface area contributed by atoms with Crippen LogP contribution in [0.25, 0.3) is 16.3 Å². The van der Waals surface area contributed by atoms with Crippen molar-refractivity contribution >= 4 is 51.1 Å². The maximum atomic E-state index is 12.7. The quantitative estimate of drug-likeness (QED) is 0.186. The molecular formula is C22H16F4N2O2S2. The van der Waals surface area contributed by atoms with Gasteiger partial charge in [-0.25, -0.2) is 4.98 Å². The van der Waals surface area contributed by atoms with Crippen molar-refractivity contribution in [3.63, 3.8) is 0 Å². The van der Waals surface area contributed by atoms with Gasteiger partial charge in [-0.2, -0.15) is 17.6 Å². The molecule has 4 nitrogen and oxygen atoms in total. The maximum absolute atomic E-state index is 12.7. The molecule has 0 fully saturated rings. The van der Waals surface area contributed by atoms with Gasteiger partial charge in [0.2, 0.25) is 5.76 Å². The average Bonchev–Trinajstić information content (AvgIpc) is 3.24. The van der Waals surface area contributed by atoms with E-state index in [0.717, 1.165) is 54.9 Å². The number of aromatic nitrogens is 1. The molecule has 1 aliphatic heterocycles. The molecule has 0 unspecified atom stereocenters. The maximum Gasteiger partial charge on any atom is 0.448 e. The average molecular weight is 481 g/mol. The predicted octanol–water partition coefficient (Wildman–Crippen LogP) is 6.82. The number of halogens is 4. The zero-order valence-corrected chi connectivity index (χ0v) is 18.4. The monoisotopic (exact) mass is 480 g/mol. The molecule has 0 spiro atoms. The molecule has 166 valence electrons. The van der Waals surface area contributed by atoms with Crippen LogP contribution in [0.5, 0.6) is 0 Å². The summed E-state index contributed by atoms with van der Waals surface area (Å²) in [5.41, 5.74) is 5.16. The van der Waals surface area contributed by atoms with E-state index in [4.69, 9.17) is 0 Å². The number of aliphatic hydroxyl groups is 1. The van der Waals surface area contributed by atoms with Crippen LogP contribution in [0.15, 0.2) is 46.0 Å². The number of hydrogen-bond donors (Lipinski definition) is 2. The lowest BCUT2D eigenvalue weighted by atomic mass is 10.0. The Morgan fingerprint density at radius 1 is 1.16 bits per heavy atom. The highest BCUT2D eigenvalue weighted by atomic mass is 32.2. The second kappa shape index (κ2) is 8.25. The van der Waals surface area contributed by atoms with Crippen LogP contribution in [0.2, 0.25) is 0 Å². The highest BCUT2D eigenvalue weighted by molar-refractivity contribution is 8.03. The fourth-order valence-electron chi connectivity index (χ4n) is 3.49. The molecule has 0 radical (unpaired) electrons. The Morgan fingerprint density at radius 3 is 2.53 bits per heavy atom. The van der Waals surface area contributed by atoms with E-state index in [1.807, 2.05) is 38.1 Å². The van der Waals surface area contributed by atoms with Crippen LogP contribution < -0.4 is 5.32 Å². The number of benzene rings is 2. The van der Waals surface area contributed by atoms with Crippen LogP contribution in [-0.2, 0) is 11.2 Å². The zero-order valence-electron chi connectivity index (χ0n) is 16.8. The van der Waals surface area contributed by atoms with Crippen LogP contribution in [0.3, 0.4) is 0 Å². The summed E-state index contributed by atoms with van der Waals surface area (Å²) in [6, 6.07) is 6.25. The summed E-state index contributed by atoms with van der Waals surface area (Å²) >= 11 is 2.35. The summed E-state index contributed by atoms with van der Waals surface area (Å²) < 4.78 is 51.2. The molecule has 32 heavy (non-hydrogen) atoms. The Labute approximate surface area is 188 Å². The normalized spacial score (nSPS) is 15.3. The van der Waals surface area contributed by atoms with Crippen molar-refractivity contribution in [3.05, 3.63) is 68.4 Å². The molecule has 2 N–H and O–H groups in total. The van der Waals surface area contributed by atoms with E-state index in [1.165, 1.54) is 11.8 Å². The van der Waals surface area contributed by atoms with Crippen molar-refractivity contribution in [1.29, 1.82) is 0 Å². The number of thiazole rings is 1. The minimum absolute atomic E-state index is 0.0765. The lowest BCUT2D eigenvalue weighted by Gasteiger charge is -2.09. The standard InChI is InChI=1S/C22H16F4N2O2S2/c1-10-3-12(6-14-20(10)27-18(31-14)8-16(29)22(24,25)26)5-13-4-11(2)21-15(7-13)32-19(28-21)9-17(23)30/h3-4,6-9,28-29H,5H2,1-2H3/b16-8-,19-9?. The van der Waals surface area contributed by atoms with Crippen LogP contribution >= 0.6 is 23.1 Å². The van der Waals surface area contributed by atoms with Crippen LogP contribution in [-0.4, -0.2) is 22.3 Å². The van der Waals surface area contributed by atoms with Crippen molar-refractivity contribution in [3.8, 4) is 0 Å². The first kappa shape index (κ1) is 22.3. The number of carbonyl (C=O) groups excluding carboxylic acids is 1. The van der Waals surface area contributed by atoms with Gasteiger partial charge in [0.25, 0.3) is 0 Å². The first-order chi connectivity index (χ1) is 15.0. The first-order valence-corrected chi connectivity index (χ1v) is 11.0. The Balaban J connectivity index is 1.63. The summed E-state index contributed by atoms with van der Waals surface area (Å²) in [5, 5.41) is 12.7. The fourth-order valence-corrected chi connectivity index (χ4v) is 5.60. The number of anilines is 1. The van der Waals surface area contributed by atoms with Gasteiger partial charge in [-0.15, -0.1) is 11.3 Å². The molecule has 1 aliphatic rings. The van der Waals surface area contributed by atoms with Gasteiger partial charge in [0.15, 0.2) is 0 Å². The second-order valence-electron chi connectivity index (χ2n) is 7.34. The lowest BCUT2D eigenvalue weighted by Crippen LogP contribution is -2.10. The van der Waals surface area contributed by atoms with Crippen LogP contribution in [0, 0.1) is 13.8 Å². The van der Waals surface area contributed by atoms with Gasteiger partial charge in [0.1, 0.15) is 5.01 Å². The number of alkyl halides is 3. The van der Waals surface area contributed by atoms with E-state index in [1.54, 1.807) is 0 Å². The number of hydrogen-bond acceptors (Lipinski definition) is 6. The van der Waals surface area contributed by atoms with Gasteiger partial charge in [-0.1, -0.05) is 23.9 Å². The van der Waals surface area contributed by atoms with E-state index in [9.17, 15) is 27.5 Å². The van der Waals surface area contributed by atoms with Gasteiger partial charge in [0, 0.05) is 17.0 Å². The number of aryl methyl sites for hydroxylation is 2. The minimum Gasteiger partial charge on any atom is -0.504 e. The predicted molar refractivity (Wildman–Crippen MR) is 119 cm³/mol. The summed E-state index contributed by atoms with van der Waals surface area (Å²) in [4.78, 5) is 15.8. The molecule has 0 amide bonds. The van der Waals surface area contributed by atoms with Crippen molar-refractivity contribution < 1.29 is 27.5 Å². The minimum atomic E-state index is -4.82. The van der Waals surface area contributed by atoms with Gasteiger partial charge in [-0.3, -0.25) is 4.79 Å². The molecule has 0 bridgehead atoms. The van der Waals surface area contributed by atoms with Crippen molar-refractivity contribution in [2.24, 2.45) is 0 Å². The summed E-state index contributed by atoms with van der Waals surface area (Å²) in [6.45, 7) is 3.75. The third-order valence-electron chi connectivity index (χ3n) is 4.79. The third-order valence-corrected chi connectivity index (χ3v) is 6.72. The number of carbonyl (C=O) groups is 1. The number of nitrogens with one attached hydrogen (secondary N) is 1. The molecule has 0 atom stereocenters. The number of nitrogens with zero attached hydrogens (tertiary/aromatic N) is 1. The molecule has 2 heterocycles. The molecule has 0 aliphatic carbocycles. The van der Waals surface area contributed by atoms with Crippen molar-refractivity contribution in [1.82, 2.24) is 4.98 Å². The van der Waals surface area contributed by atoms with Gasteiger partial charge >= 0.3 is 12.2 Å². The third kappa shape index (κ3) is 4.66. The topological polar surface area (TPSA) is 62.2 Å². The molecule has 4 rings (SSSR count). The van der Waals surface area contributed by atoms with E-state index >= 15 is 0 Å². The first-order valence-electron chi connectivity index (χ1n) is 9.37. The Bertz CT molecular complexity index is 1310. The molecule has 2 aromatic carbocycles. The number of aliphatic hydroxyl groups excluding tert-OH is 1. The largest absolute Gasteiger partial charge is 0.504 e. The Hall–Kier alpha value is -2.85. The van der Waals surface area contributed by atoms with E-state index in [0.29, 0.717) is 23.0 Å².